The molecule has 0 aromatic carbocycles. The fourth-order valence-corrected chi connectivity index (χ4v) is 1.94. The van der Waals surface area contributed by atoms with E-state index in [0.717, 1.165) is 25.7 Å². The molecule has 0 bridgehead atoms. The summed E-state index contributed by atoms with van der Waals surface area (Å²) in [6.07, 6.45) is 6.07. The van der Waals surface area contributed by atoms with Crippen LogP contribution in [0, 0.1) is 0 Å². The van der Waals surface area contributed by atoms with E-state index in [4.69, 9.17) is 4.74 Å². The van der Waals surface area contributed by atoms with Crippen molar-refractivity contribution in [2.24, 2.45) is 0 Å². The summed E-state index contributed by atoms with van der Waals surface area (Å²) in [5.74, 6) is -0.118. The van der Waals surface area contributed by atoms with Crippen LogP contribution < -0.4 is 0 Å². The molecular formula is C12H16N2O3. The fourth-order valence-electron chi connectivity index (χ4n) is 1.94. The highest BCUT2D eigenvalue weighted by Gasteiger charge is 2.24. The number of ether oxygens (including phenoxy) is 1. The Morgan fingerprint density at radius 3 is 2.71 bits per heavy atom. The van der Waals surface area contributed by atoms with Gasteiger partial charge < -0.3 is 9.84 Å². The molecule has 1 saturated carbocycles. The number of aliphatic hydroxyl groups excluding tert-OH is 1. The highest BCUT2D eigenvalue weighted by atomic mass is 16.6. The van der Waals surface area contributed by atoms with E-state index in [1.54, 1.807) is 18.5 Å². The van der Waals surface area contributed by atoms with Crippen molar-refractivity contribution in [1.82, 2.24) is 9.97 Å². The smallest absolute Gasteiger partial charge is 0.335 e. The second kappa shape index (κ2) is 5.72. The topological polar surface area (TPSA) is 72.3 Å². The first-order valence-electron chi connectivity index (χ1n) is 5.90. The molecule has 1 fully saturated rings. The monoisotopic (exact) mass is 236 g/mol. The van der Waals surface area contributed by atoms with E-state index in [1.165, 1.54) is 0 Å². The summed E-state index contributed by atoms with van der Waals surface area (Å²) in [6.45, 7) is 0. The van der Waals surface area contributed by atoms with E-state index in [1.807, 2.05) is 0 Å². The van der Waals surface area contributed by atoms with Gasteiger partial charge in [0.1, 0.15) is 11.9 Å². The first-order valence-corrected chi connectivity index (χ1v) is 5.90. The molecule has 0 aliphatic heterocycles. The fraction of sp³-hybridized carbons (Fsp3) is 0.583. The maximum absolute atomic E-state index is 11.6. The molecule has 1 aromatic rings. The summed E-state index contributed by atoms with van der Waals surface area (Å²) in [7, 11) is 0. The summed E-state index contributed by atoms with van der Waals surface area (Å²) in [5.41, 5.74) is 0. The minimum Gasteiger partial charge on any atom is -0.460 e. The van der Waals surface area contributed by atoms with Gasteiger partial charge in [-0.2, -0.15) is 0 Å². The number of carbonyl (C=O) groups is 1. The highest BCUT2D eigenvalue weighted by molar-refractivity contribution is 5.74. The van der Waals surface area contributed by atoms with E-state index in [2.05, 4.69) is 9.97 Å². The van der Waals surface area contributed by atoms with E-state index in [-0.39, 0.29) is 12.5 Å². The zero-order valence-electron chi connectivity index (χ0n) is 9.58. The Hall–Kier alpha value is -1.49. The van der Waals surface area contributed by atoms with Crippen molar-refractivity contribution in [2.75, 3.05) is 0 Å². The van der Waals surface area contributed by atoms with Gasteiger partial charge in [0.2, 0.25) is 0 Å². The highest BCUT2D eigenvalue weighted by Crippen LogP contribution is 2.21. The molecule has 1 heterocycles. The Kier molecular flexibility index (Phi) is 4.03. The zero-order chi connectivity index (χ0) is 12.1. The average Bonchev–Trinajstić information content (AvgIpc) is 2.83. The van der Waals surface area contributed by atoms with Crippen molar-refractivity contribution >= 4 is 5.97 Å². The predicted molar refractivity (Wildman–Crippen MR) is 60.1 cm³/mol. The second-order valence-electron chi connectivity index (χ2n) is 4.23. The molecule has 1 atom stereocenters. The molecule has 17 heavy (non-hydrogen) atoms. The third kappa shape index (κ3) is 3.49. The van der Waals surface area contributed by atoms with Crippen LogP contribution in [-0.2, 0) is 16.0 Å². The largest absolute Gasteiger partial charge is 0.460 e. The summed E-state index contributed by atoms with van der Waals surface area (Å²) >= 11 is 0. The molecule has 92 valence electrons. The molecule has 2 rings (SSSR count). The van der Waals surface area contributed by atoms with Crippen molar-refractivity contribution in [1.29, 1.82) is 0 Å². The minimum absolute atomic E-state index is 0.0196. The Morgan fingerprint density at radius 2 is 2.06 bits per heavy atom. The van der Waals surface area contributed by atoms with Gasteiger partial charge in [0.25, 0.3) is 0 Å². The van der Waals surface area contributed by atoms with Crippen molar-refractivity contribution in [3.05, 3.63) is 24.3 Å². The molecule has 1 aromatic heterocycles. The SMILES string of the molecule is O=C(OC1CCCC1)C(O)Cc1ncccn1. The quantitative estimate of drug-likeness (QED) is 0.785. The third-order valence-electron chi connectivity index (χ3n) is 2.85. The maximum Gasteiger partial charge on any atom is 0.335 e. The van der Waals surface area contributed by atoms with Gasteiger partial charge in [0.05, 0.1) is 0 Å². The summed E-state index contributed by atoms with van der Waals surface area (Å²) in [4.78, 5) is 19.5. The van der Waals surface area contributed by atoms with Gasteiger partial charge in [-0.25, -0.2) is 14.8 Å². The van der Waals surface area contributed by atoms with Crippen molar-refractivity contribution in [2.45, 2.75) is 44.3 Å². The van der Waals surface area contributed by atoms with E-state index < -0.39 is 12.1 Å². The number of hydrogen-bond acceptors (Lipinski definition) is 5. The predicted octanol–water partition coefficient (Wildman–Crippen LogP) is 0.866. The third-order valence-corrected chi connectivity index (χ3v) is 2.85. The van der Waals surface area contributed by atoms with Gasteiger partial charge >= 0.3 is 5.97 Å². The zero-order valence-corrected chi connectivity index (χ0v) is 9.58. The van der Waals surface area contributed by atoms with Crippen LogP contribution in [0.25, 0.3) is 0 Å². The Labute approximate surface area is 99.9 Å². The summed E-state index contributed by atoms with van der Waals surface area (Å²) in [6, 6.07) is 1.69. The van der Waals surface area contributed by atoms with Crippen molar-refractivity contribution in [3.63, 3.8) is 0 Å². The number of aromatic nitrogens is 2. The number of esters is 1. The molecule has 1 aliphatic carbocycles. The van der Waals surface area contributed by atoms with Crippen LogP contribution in [-0.4, -0.2) is 33.3 Å². The van der Waals surface area contributed by atoms with Crippen molar-refractivity contribution < 1.29 is 14.6 Å². The van der Waals surface area contributed by atoms with Crippen LogP contribution in [0.3, 0.4) is 0 Å². The lowest BCUT2D eigenvalue weighted by Gasteiger charge is -2.14. The van der Waals surface area contributed by atoms with Gasteiger partial charge in [-0.3, -0.25) is 0 Å². The molecule has 1 N–H and O–H groups in total. The molecular weight excluding hydrogens is 220 g/mol. The lowest BCUT2D eigenvalue weighted by Crippen LogP contribution is -2.29. The van der Waals surface area contributed by atoms with Gasteiger partial charge in [0.15, 0.2) is 6.10 Å². The molecule has 5 nitrogen and oxygen atoms in total. The van der Waals surface area contributed by atoms with Crippen LogP contribution in [0.1, 0.15) is 31.5 Å². The van der Waals surface area contributed by atoms with Crippen molar-refractivity contribution in [3.8, 4) is 0 Å². The molecule has 1 aliphatic rings. The standard InChI is InChI=1S/C12H16N2O3/c15-10(8-11-13-6-3-7-14-11)12(16)17-9-4-1-2-5-9/h3,6-7,9-10,15H,1-2,4-5,8H2. The molecule has 5 heteroatoms. The van der Waals surface area contributed by atoms with E-state index >= 15 is 0 Å². The first-order chi connectivity index (χ1) is 8.25. The Balaban J connectivity index is 1.82. The molecule has 0 radical (unpaired) electrons. The molecule has 0 spiro atoms. The lowest BCUT2D eigenvalue weighted by atomic mass is 10.2. The summed E-state index contributed by atoms with van der Waals surface area (Å²) in [5, 5.41) is 9.68. The van der Waals surface area contributed by atoms with E-state index in [9.17, 15) is 9.90 Å². The number of nitrogens with zero attached hydrogens (tertiary/aromatic N) is 2. The van der Waals surface area contributed by atoms with Crippen LogP contribution in [0.15, 0.2) is 18.5 Å². The van der Waals surface area contributed by atoms with Crippen LogP contribution in [0.4, 0.5) is 0 Å². The Morgan fingerprint density at radius 1 is 1.41 bits per heavy atom. The van der Waals surface area contributed by atoms with Gasteiger partial charge in [-0.15, -0.1) is 0 Å². The van der Waals surface area contributed by atoms with Crippen LogP contribution in [0.5, 0.6) is 0 Å². The van der Waals surface area contributed by atoms with Gasteiger partial charge in [-0.1, -0.05) is 0 Å². The number of carbonyl (C=O) groups excluding carboxylic acids is 1. The van der Waals surface area contributed by atoms with Gasteiger partial charge in [-0.05, 0) is 31.7 Å². The summed E-state index contributed by atoms with van der Waals surface area (Å²) < 4.78 is 5.20. The lowest BCUT2D eigenvalue weighted by molar-refractivity contribution is -0.158. The van der Waals surface area contributed by atoms with E-state index in [0.29, 0.717) is 5.82 Å². The second-order valence-corrected chi connectivity index (χ2v) is 4.23. The molecule has 0 amide bonds. The van der Waals surface area contributed by atoms with Gasteiger partial charge in [0, 0.05) is 18.8 Å². The minimum atomic E-state index is -1.17. The normalized spacial score (nSPS) is 17.9. The van der Waals surface area contributed by atoms with Crippen LogP contribution in [0.2, 0.25) is 0 Å². The Bertz CT molecular complexity index is 363. The maximum atomic E-state index is 11.6. The number of hydrogen-bond donors (Lipinski definition) is 1. The first kappa shape index (κ1) is 12.0. The number of rotatable bonds is 4. The average molecular weight is 236 g/mol. The molecule has 1 unspecified atom stereocenters. The number of aliphatic hydroxyl groups is 1. The molecule has 0 saturated heterocycles. The van der Waals surface area contributed by atoms with Crippen LogP contribution >= 0.6 is 0 Å².